The fourth-order valence-electron chi connectivity index (χ4n) is 3.04. The van der Waals surface area contributed by atoms with E-state index in [1.807, 2.05) is 12.3 Å². The molecule has 0 atom stereocenters. The van der Waals surface area contributed by atoms with Gasteiger partial charge in [0.25, 0.3) is 0 Å². The van der Waals surface area contributed by atoms with Crippen LogP contribution < -0.4 is 5.43 Å². The zero-order chi connectivity index (χ0) is 17.3. The normalized spacial score (nSPS) is 11.4. The Labute approximate surface area is 143 Å². The van der Waals surface area contributed by atoms with Crippen LogP contribution in [-0.4, -0.2) is 11.2 Å². The van der Waals surface area contributed by atoms with Crippen LogP contribution in [0.1, 0.15) is 33.4 Å². The third-order valence-electron chi connectivity index (χ3n) is 4.26. The maximum atomic E-state index is 4.72. The van der Waals surface area contributed by atoms with E-state index in [0.29, 0.717) is 0 Å². The lowest BCUT2D eigenvalue weighted by Gasteiger charge is -2.09. The van der Waals surface area contributed by atoms with Crippen molar-refractivity contribution in [2.24, 2.45) is 5.10 Å². The first-order chi connectivity index (χ1) is 11.4. The lowest BCUT2D eigenvalue weighted by Crippen LogP contribution is -1.97. The minimum absolute atomic E-state index is 0.771. The van der Waals surface area contributed by atoms with Crippen LogP contribution in [0.2, 0.25) is 0 Å². The smallest absolute Gasteiger partial charge is 0.147 e. The van der Waals surface area contributed by atoms with Crippen LogP contribution in [0.5, 0.6) is 0 Å². The van der Waals surface area contributed by atoms with Crippen LogP contribution in [0.4, 0.5) is 5.82 Å². The van der Waals surface area contributed by atoms with Gasteiger partial charge in [-0.15, -0.1) is 0 Å². The van der Waals surface area contributed by atoms with Crippen LogP contribution >= 0.6 is 0 Å². The van der Waals surface area contributed by atoms with Gasteiger partial charge in [0, 0.05) is 5.39 Å². The SMILES string of the molecule is Cc1ccc(C=NNc2cc(C)c3cc(C)cc(C)c3n2)c(C)c1. The van der Waals surface area contributed by atoms with Crippen molar-refractivity contribution < 1.29 is 0 Å². The molecule has 2 aromatic carbocycles. The summed E-state index contributed by atoms with van der Waals surface area (Å²) in [5, 5.41) is 5.57. The van der Waals surface area contributed by atoms with Gasteiger partial charge in [0.05, 0.1) is 11.7 Å². The van der Waals surface area contributed by atoms with E-state index < -0.39 is 0 Å². The van der Waals surface area contributed by atoms with Crippen LogP contribution in [0.15, 0.2) is 41.5 Å². The summed E-state index contributed by atoms with van der Waals surface area (Å²) in [6.45, 7) is 10.5. The molecule has 122 valence electrons. The Kier molecular flexibility index (Phi) is 4.34. The Balaban J connectivity index is 1.89. The molecule has 0 amide bonds. The van der Waals surface area contributed by atoms with Crippen LogP contribution in [0.3, 0.4) is 0 Å². The van der Waals surface area contributed by atoms with Gasteiger partial charge >= 0.3 is 0 Å². The number of rotatable bonds is 3. The van der Waals surface area contributed by atoms with Crippen LogP contribution in [0, 0.1) is 34.6 Å². The zero-order valence-electron chi connectivity index (χ0n) is 14.9. The lowest BCUT2D eigenvalue weighted by atomic mass is 10.0. The molecule has 0 aliphatic carbocycles. The summed E-state index contributed by atoms with van der Waals surface area (Å²) in [6, 6.07) is 12.7. The molecule has 0 unspecified atom stereocenters. The number of nitrogens with one attached hydrogen (secondary N) is 1. The van der Waals surface area contributed by atoms with Gasteiger partial charge in [-0.25, -0.2) is 4.98 Å². The van der Waals surface area contributed by atoms with Gasteiger partial charge in [0.1, 0.15) is 5.82 Å². The molecule has 1 aromatic heterocycles. The number of hydrogen-bond acceptors (Lipinski definition) is 3. The summed E-state index contributed by atoms with van der Waals surface area (Å²) in [7, 11) is 0. The van der Waals surface area contributed by atoms with Crippen molar-refractivity contribution in [3.63, 3.8) is 0 Å². The molecule has 3 nitrogen and oxygen atoms in total. The first-order valence-electron chi connectivity index (χ1n) is 8.19. The van der Waals surface area contributed by atoms with Crippen LogP contribution in [0.25, 0.3) is 10.9 Å². The molecule has 0 saturated heterocycles. The van der Waals surface area contributed by atoms with E-state index in [0.717, 1.165) is 16.9 Å². The first-order valence-corrected chi connectivity index (χ1v) is 8.19. The second-order valence-corrected chi connectivity index (χ2v) is 6.53. The standard InChI is InChI=1S/C21H23N3/c1-13-6-7-18(15(3)8-13)12-22-24-20-11-16(4)19-10-14(2)9-17(5)21(19)23-20/h6-12H,1-5H3,(H,23,24). The number of benzene rings is 2. The zero-order valence-corrected chi connectivity index (χ0v) is 14.9. The fraction of sp³-hybridized carbons (Fsp3) is 0.238. The molecular weight excluding hydrogens is 294 g/mol. The topological polar surface area (TPSA) is 37.3 Å². The highest BCUT2D eigenvalue weighted by Crippen LogP contribution is 2.24. The molecule has 3 aromatic rings. The highest BCUT2D eigenvalue weighted by atomic mass is 15.3. The molecule has 0 aliphatic rings. The Hall–Kier alpha value is -2.68. The summed E-state index contributed by atoms with van der Waals surface area (Å²) in [4.78, 5) is 4.72. The maximum Gasteiger partial charge on any atom is 0.147 e. The average molecular weight is 317 g/mol. The number of pyridine rings is 1. The summed E-state index contributed by atoms with van der Waals surface area (Å²) in [5.74, 6) is 0.771. The van der Waals surface area contributed by atoms with E-state index >= 15 is 0 Å². The van der Waals surface area contributed by atoms with E-state index in [9.17, 15) is 0 Å². The van der Waals surface area contributed by atoms with Gasteiger partial charge in [-0.3, -0.25) is 5.43 Å². The van der Waals surface area contributed by atoms with Crippen molar-refractivity contribution in [3.8, 4) is 0 Å². The monoisotopic (exact) mass is 317 g/mol. The van der Waals surface area contributed by atoms with Gasteiger partial charge in [-0.2, -0.15) is 5.10 Å². The summed E-state index contributed by atoms with van der Waals surface area (Å²) >= 11 is 0. The van der Waals surface area contributed by atoms with E-state index in [1.54, 1.807) is 0 Å². The van der Waals surface area contributed by atoms with Gasteiger partial charge in [-0.1, -0.05) is 35.4 Å². The maximum absolute atomic E-state index is 4.72. The number of hydrogen-bond donors (Lipinski definition) is 1. The average Bonchev–Trinajstić information content (AvgIpc) is 2.51. The third-order valence-corrected chi connectivity index (χ3v) is 4.26. The molecule has 3 heteroatoms. The number of aryl methyl sites for hydroxylation is 5. The van der Waals surface area contributed by atoms with Gasteiger partial charge < -0.3 is 0 Å². The molecular formula is C21H23N3. The van der Waals surface area contributed by atoms with E-state index in [2.05, 4.69) is 75.5 Å². The van der Waals surface area contributed by atoms with Crippen molar-refractivity contribution in [1.29, 1.82) is 0 Å². The summed E-state index contributed by atoms with van der Waals surface area (Å²) in [6.07, 6.45) is 1.85. The predicted octanol–water partition coefficient (Wildman–Crippen LogP) is 5.22. The number of hydrazone groups is 1. The van der Waals surface area contributed by atoms with Crippen molar-refractivity contribution in [3.05, 3.63) is 69.8 Å². The molecule has 0 saturated carbocycles. The van der Waals surface area contributed by atoms with Crippen molar-refractivity contribution in [2.75, 3.05) is 5.43 Å². The second kappa shape index (κ2) is 6.44. The third kappa shape index (κ3) is 3.30. The van der Waals surface area contributed by atoms with E-state index in [1.165, 1.54) is 33.2 Å². The molecule has 1 N–H and O–H groups in total. The quantitative estimate of drug-likeness (QED) is 0.531. The van der Waals surface area contributed by atoms with E-state index in [4.69, 9.17) is 4.98 Å². The Morgan fingerprint density at radius 2 is 1.58 bits per heavy atom. The van der Waals surface area contributed by atoms with Crippen molar-refractivity contribution >= 4 is 22.9 Å². The number of nitrogens with zero attached hydrogens (tertiary/aromatic N) is 2. The number of anilines is 1. The molecule has 24 heavy (non-hydrogen) atoms. The molecule has 0 aliphatic heterocycles. The molecule has 0 radical (unpaired) electrons. The highest BCUT2D eigenvalue weighted by Gasteiger charge is 2.06. The van der Waals surface area contributed by atoms with Gasteiger partial charge in [0.2, 0.25) is 0 Å². The van der Waals surface area contributed by atoms with Gasteiger partial charge in [-0.05, 0) is 69.0 Å². The number of fused-ring (bicyclic) bond motifs is 1. The fourth-order valence-corrected chi connectivity index (χ4v) is 3.04. The van der Waals surface area contributed by atoms with Crippen molar-refractivity contribution in [2.45, 2.75) is 34.6 Å². The molecule has 1 heterocycles. The first kappa shape index (κ1) is 16.2. The molecule has 0 bridgehead atoms. The minimum Gasteiger partial charge on any atom is -0.261 e. The Bertz CT molecular complexity index is 939. The Morgan fingerprint density at radius 1 is 0.833 bits per heavy atom. The molecule has 3 rings (SSSR count). The Morgan fingerprint density at radius 3 is 2.33 bits per heavy atom. The highest BCUT2D eigenvalue weighted by molar-refractivity contribution is 5.87. The van der Waals surface area contributed by atoms with Crippen LogP contribution in [-0.2, 0) is 0 Å². The molecule has 0 spiro atoms. The van der Waals surface area contributed by atoms with Gasteiger partial charge in [0.15, 0.2) is 0 Å². The van der Waals surface area contributed by atoms with Crippen molar-refractivity contribution in [1.82, 2.24) is 4.98 Å². The summed E-state index contributed by atoms with van der Waals surface area (Å²) < 4.78 is 0. The van der Waals surface area contributed by atoms with E-state index in [-0.39, 0.29) is 0 Å². The second-order valence-electron chi connectivity index (χ2n) is 6.53. The predicted molar refractivity (Wildman–Crippen MR) is 103 cm³/mol. The summed E-state index contributed by atoms with van der Waals surface area (Å²) in [5.41, 5.74) is 11.3. The lowest BCUT2D eigenvalue weighted by molar-refractivity contribution is 1.23. The minimum atomic E-state index is 0.771. The molecule has 0 fully saturated rings. The largest absolute Gasteiger partial charge is 0.261 e. The number of aromatic nitrogens is 1.